The topological polar surface area (TPSA) is 26.0 Å². The van der Waals surface area contributed by atoms with Crippen LogP contribution in [0.5, 0.6) is 0 Å². The van der Waals surface area contributed by atoms with E-state index in [1.54, 1.807) is 0 Å². The average molecular weight is 261 g/mol. The van der Waals surface area contributed by atoms with Crippen molar-refractivity contribution in [3.8, 4) is 0 Å². The minimum absolute atomic E-state index is 0.0510. The first-order chi connectivity index (χ1) is 6.09. The summed E-state index contributed by atoms with van der Waals surface area (Å²) in [5.74, 6) is 0. The summed E-state index contributed by atoms with van der Waals surface area (Å²) >= 11 is 9.35. The third-order valence-corrected chi connectivity index (χ3v) is 2.37. The van der Waals surface area contributed by atoms with Gasteiger partial charge in [-0.25, -0.2) is 0 Å². The summed E-state index contributed by atoms with van der Waals surface area (Å²) in [5, 5.41) is 0.736. The second-order valence-corrected chi connectivity index (χ2v) is 4.21. The van der Waals surface area contributed by atoms with Gasteiger partial charge in [0.25, 0.3) is 0 Å². The van der Waals surface area contributed by atoms with Gasteiger partial charge in [0.15, 0.2) is 0 Å². The van der Waals surface area contributed by atoms with Gasteiger partial charge in [0, 0.05) is 15.5 Å². The van der Waals surface area contributed by atoms with Crippen LogP contribution in [0.2, 0.25) is 5.02 Å². The monoisotopic (exact) mass is 259 g/mol. The zero-order valence-corrected chi connectivity index (χ0v) is 9.64. The largest absolute Gasteiger partial charge is 0.325 e. The molecule has 1 unspecified atom stereocenters. The first-order valence-electron chi connectivity index (χ1n) is 3.98. The van der Waals surface area contributed by atoms with Crippen LogP contribution in [0.25, 0.3) is 6.08 Å². The molecule has 1 atom stereocenters. The highest BCUT2D eigenvalue weighted by Gasteiger charge is 1.96. The van der Waals surface area contributed by atoms with Crippen molar-refractivity contribution in [1.29, 1.82) is 0 Å². The predicted molar refractivity (Wildman–Crippen MR) is 61.8 cm³/mol. The summed E-state index contributed by atoms with van der Waals surface area (Å²) in [5.41, 5.74) is 6.57. The smallest absolute Gasteiger partial charge is 0.0479 e. The van der Waals surface area contributed by atoms with Crippen LogP contribution in [0.4, 0.5) is 0 Å². The Morgan fingerprint density at radius 2 is 2.23 bits per heavy atom. The van der Waals surface area contributed by atoms with Gasteiger partial charge in [-0.15, -0.1) is 0 Å². The van der Waals surface area contributed by atoms with Crippen LogP contribution in [0.1, 0.15) is 12.5 Å². The van der Waals surface area contributed by atoms with Gasteiger partial charge in [0.2, 0.25) is 0 Å². The summed E-state index contributed by atoms with van der Waals surface area (Å²) in [6.45, 7) is 1.92. The molecule has 0 aliphatic carbocycles. The molecule has 1 aromatic rings. The molecule has 0 saturated heterocycles. The van der Waals surface area contributed by atoms with E-state index in [2.05, 4.69) is 15.9 Å². The fourth-order valence-corrected chi connectivity index (χ4v) is 1.46. The van der Waals surface area contributed by atoms with Crippen LogP contribution in [-0.2, 0) is 0 Å². The van der Waals surface area contributed by atoms with Gasteiger partial charge in [0.05, 0.1) is 0 Å². The van der Waals surface area contributed by atoms with Crippen LogP contribution < -0.4 is 5.73 Å². The van der Waals surface area contributed by atoms with Crippen molar-refractivity contribution in [3.63, 3.8) is 0 Å². The van der Waals surface area contributed by atoms with E-state index in [4.69, 9.17) is 17.3 Å². The van der Waals surface area contributed by atoms with E-state index in [-0.39, 0.29) is 6.04 Å². The standard InChI is InChI=1S/C10H11BrClN/c1-7(13)2-3-8-6-9(11)4-5-10(8)12/h2-7H,13H2,1H3/b3-2+. The van der Waals surface area contributed by atoms with Crippen molar-refractivity contribution < 1.29 is 0 Å². The zero-order valence-electron chi connectivity index (χ0n) is 7.30. The third kappa shape index (κ3) is 3.51. The first-order valence-corrected chi connectivity index (χ1v) is 5.15. The Balaban J connectivity index is 2.93. The number of nitrogens with two attached hydrogens (primary N) is 1. The SMILES string of the molecule is CC(N)/C=C/c1cc(Br)ccc1Cl. The van der Waals surface area contributed by atoms with E-state index in [1.807, 2.05) is 37.3 Å². The molecule has 0 fully saturated rings. The van der Waals surface area contributed by atoms with Gasteiger partial charge in [0.1, 0.15) is 0 Å². The first kappa shape index (κ1) is 10.8. The minimum Gasteiger partial charge on any atom is -0.325 e. The van der Waals surface area contributed by atoms with Gasteiger partial charge in [-0.1, -0.05) is 39.7 Å². The van der Waals surface area contributed by atoms with Gasteiger partial charge in [-0.3, -0.25) is 0 Å². The Morgan fingerprint density at radius 3 is 2.85 bits per heavy atom. The van der Waals surface area contributed by atoms with Gasteiger partial charge in [-0.05, 0) is 30.7 Å². The van der Waals surface area contributed by atoms with Crippen molar-refractivity contribution in [2.24, 2.45) is 5.73 Å². The number of halogens is 2. The normalized spacial score (nSPS) is 13.5. The average Bonchev–Trinajstić information content (AvgIpc) is 2.06. The van der Waals surface area contributed by atoms with Crippen LogP contribution in [-0.4, -0.2) is 6.04 Å². The Morgan fingerprint density at radius 1 is 1.54 bits per heavy atom. The molecule has 1 rings (SSSR count). The molecule has 0 heterocycles. The van der Waals surface area contributed by atoms with E-state index in [1.165, 1.54) is 0 Å². The van der Waals surface area contributed by atoms with Gasteiger partial charge in [-0.2, -0.15) is 0 Å². The van der Waals surface area contributed by atoms with E-state index in [0.29, 0.717) is 0 Å². The molecule has 0 bridgehead atoms. The molecule has 0 saturated carbocycles. The summed E-state index contributed by atoms with van der Waals surface area (Å²) in [4.78, 5) is 0. The van der Waals surface area contributed by atoms with Crippen molar-refractivity contribution in [2.45, 2.75) is 13.0 Å². The maximum absolute atomic E-state index is 5.97. The molecule has 1 aromatic carbocycles. The lowest BCUT2D eigenvalue weighted by molar-refractivity contribution is 0.931. The van der Waals surface area contributed by atoms with Gasteiger partial charge >= 0.3 is 0 Å². The predicted octanol–water partition coefficient (Wildman–Crippen LogP) is 3.46. The molecule has 0 aliphatic heterocycles. The number of rotatable bonds is 2. The molecule has 13 heavy (non-hydrogen) atoms. The van der Waals surface area contributed by atoms with Crippen molar-refractivity contribution in [2.75, 3.05) is 0 Å². The molecule has 0 amide bonds. The van der Waals surface area contributed by atoms with Crippen LogP contribution in [0.15, 0.2) is 28.7 Å². The molecular formula is C10H11BrClN. The summed E-state index contributed by atoms with van der Waals surface area (Å²) in [6, 6.07) is 5.77. The van der Waals surface area contributed by atoms with Crippen molar-refractivity contribution in [3.05, 3.63) is 39.3 Å². The molecule has 0 aromatic heterocycles. The Bertz CT molecular complexity index is 321. The fourth-order valence-electron chi connectivity index (χ4n) is 0.898. The third-order valence-electron chi connectivity index (χ3n) is 1.54. The molecule has 70 valence electrons. The second kappa shape index (κ2) is 4.80. The maximum Gasteiger partial charge on any atom is 0.0479 e. The lowest BCUT2D eigenvalue weighted by Gasteiger charge is -2.00. The Hall–Kier alpha value is -0.310. The fraction of sp³-hybridized carbons (Fsp3) is 0.200. The van der Waals surface area contributed by atoms with Crippen LogP contribution in [0, 0.1) is 0 Å². The summed E-state index contributed by atoms with van der Waals surface area (Å²) < 4.78 is 1.02. The molecule has 3 heteroatoms. The van der Waals surface area contributed by atoms with Crippen molar-refractivity contribution in [1.82, 2.24) is 0 Å². The van der Waals surface area contributed by atoms with Crippen LogP contribution >= 0.6 is 27.5 Å². The molecule has 0 aliphatic rings. The van der Waals surface area contributed by atoms with E-state index in [9.17, 15) is 0 Å². The number of benzene rings is 1. The minimum atomic E-state index is 0.0510. The Labute approximate surface area is 91.7 Å². The molecule has 1 nitrogen and oxygen atoms in total. The van der Waals surface area contributed by atoms with Gasteiger partial charge < -0.3 is 5.73 Å². The summed E-state index contributed by atoms with van der Waals surface area (Å²) in [6.07, 6.45) is 3.84. The second-order valence-electron chi connectivity index (χ2n) is 2.88. The Kier molecular flexibility index (Phi) is 3.97. The molecule has 2 N–H and O–H groups in total. The van der Waals surface area contributed by atoms with Crippen LogP contribution in [0.3, 0.4) is 0 Å². The lowest BCUT2D eigenvalue weighted by Crippen LogP contribution is -2.09. The number of hydrogen-bond donors (Lipinski definition) is 1. The maximum atomic E-state index is 5.97. The quantitative estimate of drug-likeness (QED) is 0.866. The van der Waals surface area contributed by atoms with E-state index < -0.39 is 0 Å². The van der Waals surface area contributed by atoms with E-state index in [0.717, 1.165) is 15.1 Å². The molecular weight excluding hydrogens is 249 g/mol. The summed E-state index contributed by atoms with van der Waals surface area (Å²) in [7, 11) is 0. The lowest BCUT2D eigenvalue weighted by atomic mass is 10.2. The highest BCUT2D eigenvalue weighted by Crippen LogP contribution is 2.22. The number of hydrogen-bond acceptors (Lipinski definition) is 1. The van der Waals surface area contributed by atoms with E-state index >= 15 is 0 Å². The highest BCUT2D eigenvalue weighted by molar-refractivity contribution is 9.10. The highest BCUT2D eigenvalue weighted by atomic mass is 79.9. The zero-order chi connectivity index (χ0) is 9.84. The van der Waals surface area contributed by atoms with Crippen molar-refractivity contribution >= 4 is 33.6 Å². The molecule has 0 radical (unpaired) electrons. The molecule has 0 spiro atoms.